The molecule has 0 aliphatic rings. The summed E-state index contributed by atoms with van der Waals surface area (Å²) in [5, 5.41) is 0. The van der Waals surface area contributed by atoms with Crippen molar-refractivity contribution in [1.82, 2.24) is 0 Å². The van der Waals surface area contributed by atoms with Crippen LogP contribution in [0, 0.1) is 10.8 Å². The van der Waals surface area contributed by atoms with E-state index in [1.807, 2.05) is 0 Å². The Kier molecular flexibility index (Phi) is 11.4. The predicted molar refractivity (Wildman–Crippen MR) is 177 cm³/mol. The summed E-state index contributed by atoms with van der Waals surface area (Å²) < 4.78 is 27.2. The van der Waals surface area contributed by atoms with Gasteiger partial charge in [-0.15, -0.1) is 0 Å². The van der Waals surface area contributed by atoms with E-state index >= 15 is 0 Å². The minimum Gasteiger partial charge on any atom is -0.497 e. The van der Waals surface area contributed by atoms with Crippen LogP contribution < -0.4 is 18.9 Å². The standard InChI is InChI=1S/C36H41BrO9/c1-34(2,3)33(41)46-36(6,7)32(40)35(4,5)21-29(37)28-20-22(30(38)44-25-15-11-23(42-8)12-16-25)10-19-27(28)31(39)45-26-17-13-24(43-9)14-18-26/h10-20,29H,21H2,1-9H3. The maximum absolute atomic E-state index is 13.8. The van der Waals surface area contributed by atoms with Crippen molar-refractivity contribution in [2.24, 2.45) is 10.8 Å². The summed E-state index contributed by atoms with van der Waals surface area (Å²) in [6.45, 7) is 11.8. The molecule has 1 unspecified atom stereocenters. The molecule has 0 fully saturated rings. The number of hydrogen-bond donors (Lipinski definition) is 0. The number of hydrogen-bond acceptors (Lipinski definition) is 9. The fraction of sp³-hybridized carbons (Fsp3) is 0.389. The Morgan fingerprint density at radius 1 is 0.674 bits per heavy atom. The maximum Gasteiger partial charge on any atom is 0.343 e. The van der Waals surface area contributed by atoms with Crippen LogP contribution in [0.2, 0.25) is 0 Å². The SMILES string of the molecule is COc1ccc(OC(=O)c2ccc(C(=O)Oc3ccc(OC)cc3)c(C(Br)CC(C)(C)C(=O)C(C)(C)OC(=O)C(C)(C)C)c2)cc1. The van der Waals surface area contributed by atoms with Gasteiger partial charge in [0, 0.05) is 10.2 Å². The zero-order valence-electron chi connectivity index (χ0n) is 27.7. The molecule has 0 saturated carbocycles. The lowest BCUT2D eigenvalue weighted by Crippen LogP contribution is -2.47. The largest absolute Gasteiger partial charge is 0.497 e. The number of ketones is 1. The van der Waals surface area contributed by atoms with Crippen molar-refractivity contribution >= 4 is 39.6 Å². The van der Waals surface area contributed by atoms with Gasteiger partial charge in [0.25, 0.3) is 0 Å². The van der Waals surface area contributed by atoms with E-state index in [1.165, 1.54) is 26.4 Å². The molecular weight excluding hydrogens is 656 g/mol. The normalized spacial score (nSPS) is 12.5. The average Bonchev–Trinajstić information content (AvgIpc) is 3.00. The molecule has 9 nitrogen and oxygen atoms in total. The van der Waals surface area contributed by atoms with E-state index in [2.05, 4.69) is 15.9 Å². The van der Waals surface area contributed by atoms with Crippen LogP contribution in [0.15, 0.2) is 66.7 Å². The van der Waals surface area contributed by atoms with Crippen LogP contribution in [0.4, 0.5) is 0 Å². The van der Waals surface area contributed by atoms with Crippen LogP contribution in [-0.2, 0) is 14.3 Å². The summed E-state index contributed by atoms with van der Waals surface area (Å²) in [6, 6.07) is 17.6. The third kappa shape index (κ3) is 9.19. The smallest absolute Gasteiger partial charge is 0.343 e. The van der Waals surface area contributed by atoms with Gasteiger partial charge in [0.05, 0.1) is 30.8 Å². The second kappa shape index (κ2) is 14.5. The van der Waals surface area contributed by atoms with Gasteiger partial charge < -0.3 is 23.7 Å². The molecule has 0 N–H and O–H groups in total. The molecule has 46 heavy (non-hydrogen) atoms. The Morgan fingerprint density at radius 2 is 1.13 bits per heavy atom. The molecule has 3 aromatic carbocycles. The zero-order chi connectivity index (χ0) is 34.4. The molecule has 0 heterocycles. The summed E-state index contributed by atoms with van der Waals surface area (Å²) >= 11 is 3.68. The van der Waals surface area contributed by atoms with Crippen LogP contribution in [0.1, 0.15) is 86.0 Å². The number of esters is 3. The first-order valence-corrected chi connectivity index (χ1v) is 15.6. The van der Waals surface area contributed by atoms with Crippen molar-refractivity contribution in [3.63, 3.8) is 0 Å². The van der Waals surface area contributed by atoms with Crippen molar-refractivity contribution in [2.45, 2.75) is 65.3 Å². The zero-order valence-corrected chi connectivity index (χ0v) is 29.3. The Morgan fingerprint density at radius 3 is 1.59 bits per heavy atom. The highest BCUT2D eigenvalue weighted by Crippen LogP contribution is 2.41. The van der Waals surface area contributed by atoms with Crippen molar-refractivity contribution in [3.05, 3.63) is 83.4 Å². The summed E-state index contributed by atoms with van der Waals surface area (Å²) in [5.74, 6) is -0.298. The summed E-state index contributed by atoms with van der Waals surface area (Å²) in [5.41, 5.74) is -2.47. The second-order valence-corrected chi connectivity index (χ2v) is 14.1. The van der Waals surface area contributed by atoms with Crippen LogP contribution in [0.3, 0.4) is 0 Å². The lowest BCUT2D eigenvalue weighted by molar-refractivity contribution is -0.174. The second-order valence-electron chi connectivity index (χ2n) is 13.0. The maximum atomic E-state index is 13.8. The molecule has 10 heteroatoms. The average molecular weight is 698 g/mol. The Balaban J connectivity index is 1.95. The number of benzene rings is 3. The van der Waals surface area contributed by atoms with E-state index in [1.54, 1.807) is 103 Å². The molecule has 0 aromatic heterocycles. The van der Waals surface area contributed by atoms with Gasteiger partial charge >= 0.3 is 17.9 Å². The molecule has 0 amide bonds. The third-order valence-electron chi connectivity index (χ3n) is 7.20. The minimum absolute atomic E-state index is 0.180. The fourth-order valence-corrected chi connectivity index (χ4v) is 5.84. The van der Waals surface area contributed by atoms with E-state index in [4.69, 9.17) is 23.7 Å². The van der Waals surface area contributed by atoms with Gasteiger partial charge in [0.2, 0.25) is 0 Å². The number of halogens is 1. The fourth-order valence-electron chi connectivity index (χ4n) is 4.65. The highest BCUT2D eigenvalue weighted by molar-refractivity contribution is 9.09. The van der Waals surface area contributed by atoms with Gasteiger partial charge in [-0.05, 0) is 113 Å². The monoisotopic (exact) mass is 696 g/mol. The molecule has 0 aliphatic carbocycles. The van der Waals surface area contributed by atoms with Crippen molar-refractivity contribution in [1.29, 1.82) is 0 Å². The first-order valence-electron chi connectivity index (χ1n) is 14.7. The van der Waals surface area contributed by atoms with Crippen molar-refractivity contribution in [3.8, 4) is 23.0 Å². The topological polar surface area (TPSA) is 114 Å². The number of carbonyl (C=O) groups excluding carboxylic acids is 4. The lowest BCUT2D eigenvalue weighted by atomic mass is 9.75. The van der Waals surface area contributed by atoms with E-state index in [-0.39, 0.29) is 23.3 Å². The Labute approximate surface area is 278 Å². The molecule has 3 rings (SSSR count). The van der Waals surface area contributed by atoms with Gasteiger partial charge in [-0.25, -0.2) is 9.59 Å². The highest BCUT2D eigenvalue weighted by atomic mass is 79.9. The quantitative estimate of drug-likeness (QED) is 0.106. The summed E-state index contributed by atoms with van der Waals surface area (Å²) in [7, 11) is 3.07. The third-order valence-corrected chi connectivity index (χ3v) is 8.01. The van der Waals surface area contributed by atoms with Gasteiger partial charge in [-0.2, -0.15) is 0 Å². The molecule has 1 atom stereocenters. The highest BCUT2D eigenvalue weighted by Gasteiger charge is 2.44. The van der Waals surface area contributed by atoms with Crippen LogP contribution >= 0.6 is 15.9 Å². The Hall–Kier alpha value is -4.18. The van der Waals surface area contributed by atoms with E-state index < -0.39 is 39.2 Å². The van der Waals surface area contributed by atoms with E-state index in [9.17, 15) is 19.2 Å². The number of ether oxygens (including phenoxy) is 5. The Bertz CT molecular complexity index is 1570. The van der Waals surface area contributed by atoms with Crippen LogP contribution in [0.5, 0.6) is 23.0 Å². The summed E-state index contributed by atoms with van der Waals surface area (Å²) in [6.07, 6.45) is 0.183. The molecule has 0 aliphatic heterocycles. The molecule has 0 bridgehead atoms. The number of alkyl halides is 1. The predicted octanol–water partition coefficient (Wildman–Crippen LogP) is 7.93. The van der Waals surface area contributed by atoms with Gasteiger partial charge in [-0.3, -0.25) is 9.59 Å². The van der Waals surface area contributed by atoms with Crippen molar-refractivity contribution < 1.29 is 42.9 Å². The molecule has 0 radical (unpaired) electrons. The van der Waals surface area contributed by atoms with Gasteiger partial charge in [0.1, 0.15) is 23.0 Å². The lowest BCUT2D eigenvalue weighted by Gasteiger charge is -2.35. The number of rotatable bonds is 12. The molecule has 0 saturated heterocycles. The van der Waals surface area contributed by atoms with E-state index in [0.29, 0.717) is 28.6 Å². The first-order chi connectivity index (χ1) is 21.4. The summed E-state index contributed by atoms with van der Waals surface area (Å²) in [4.78, 5) is 52.5. The number of Topliss-reactive ketones (excluding diaryl/α,β-unsaturated/α-hetero) is 1. The van der Waals surface area contributed by atoms with Gasteiger partial charge in [-0.1, -0.05) is 29.8 Å². The van der Waals surface area contributed by atoms with Crippen LogP contribution in [0.25, 0.3) is 0 Å². The first kappa shape index (κ1) is 36.3. The van der Waals surface area contributed by atoms with E-state index in [0.717, 1.165) is 0 Å². The van der Waals surface area contributed by atoms with Crippen LogP contribution in [-0.4, -0.2) is 43.5 Å². The number of carbonyl (C=O) groups is 4. The molecular formula is C36H41BrO9. The minimum atomic E-state index is -1.42. The van der Waals surface area contributed by atoms with Crippen molar-refractivity contribution in [2.75, 3.05) is 14.2 Å². The van der Waals surface area contributed by atoms with Gasteiger partial charge in [0.15, 0.2) is 11.4 Å². The molecule has 3 aromatic rings. The molecule has 246 valence electrons. The molecule has 0 spiro atoms. The number of methoxy groups -OCH3 is 2.